The van der Waals surface area contributed by atoms with Crippen LogP contribution < -0.4 is 10.6 Å². The zero-order chi connectivity index (χ0) is 18.5. The number of carbonyl (C=O) groups excluding carboxylic acids is 2. The van der Waals surface area contributed by atoms with Gasteiger partial charge in [0.1, 0.15) is 0 Å². The number of nitrogens with zero attached hydrogens (tertiary/aromatic N) is 2. The van der Waals surface area contributed by atoms with Crippen LogP contribution in [0.15, 0.2) is 17.5 Å². The van der Waals surface area contributed by atoms with Crippen LogP contribution in [0, 0.1) is 0 Å². The molecule has 2 saturated heterocycles. The molecule has 0 bridgehead atoms. The number of piperazine rings is 1. The van der Waals surface area contributed by atoms with Crippen LogP contribution in [0.2, 0.25) is 0 Å². The molecular weight excluding hydrogens is 348 g/mol. The fourth-order valence-corrected chi connectivity index (χ4v) is 4.73. The van der Waals surface area contributed by atoms with Crippen LogP contribution in [-0.4, -0.2) is 65.9 Å². The summed E-state index contributed by atoms with van der Waals surface area (Å²) in [5, 5.41) is 8.73. The maximum atomic E-state index is 12.3. The quantitative estimate of drug-likeness (QED) is 0.718. The van der Waals surface area contributed by atoms with E-state index in [-0.39, 0.29) is 23.9 Å². The van der Waals surface area contributed by atoms with E-state index in [1.54, 1.807) is 11.3 Å². The van der Waals surface area contributed by atoms with Crippen molar-refractivity contribution in [2.24, 2.45) is 0 Å². The van der Waals surface area contributed by atoms with Crippen molar-refractivity contribution in [2.75, 3.05) is 26.2 Å². The molecule has 0 aliphatic carbocycles. The first-order valence-electron chi connectivity index (χ1n) is 9.69. The summed E-state index contributed by atoms with van der Waals surface area (Å²) in [6.07, 6.45) is 2.21. The van der Waals surface area contributed by atoms with E-state index in [0.717, 1.165) is 39.0 Å². The van der Waals surface area contributed by atoms with E-state index < -0.39 is 0 Å². The Morgan fingerprint density at radius 3 is 2.92 bits per heavy atom. The second kappa shape index (κ2) is 8.97. The lowest BCUT2D eigenvalue weighted by molar-refractivity contribution is -0.132. The molecule has 1 aromatic heterocycles. The Bertz CT molecular complexity index is 603. The first-order valence-corrected chi connectivity index (χ1v) is 10.6. The van der Waals surface area contributed by atoms with Crippen molar-refractivity contribution in [1.82, 2.24) is 20.4 Å². The summed E-state index contributed by atoms with van der Waals surface area (Å²) in [5.74, 6) is 0.353. The van der Waals surface area contributed by atoms with Crippen molar-refractivity contribution in [1.29, 1.82) is 0 Å². The molecule has 2 aliphatic heterocycles. The van der Waals surface area contributed by atoms with Gasteiger partial charge in [0, 0.05) is 56.1 Å². The summed E-state index contributed by atoms with van der Waals surface area (Å²) in [6.45, 7) is 7.95. The summed E-state index contributed by atoms with van der Waals surface area (Å²) in [7, 11) is 0. The molecule has 0 radical (unpaired) electrons. The van der Waals surface area contributed by atoms with Gasteiger partial charge in [0.05, 0.1) is 6.04 Å². The van der Waals surface area contributed by atoms with Gasteiger partial charge in [-0.3, -0.25) is 14.5 Å². The predicted molar refractivity (Wildman–Crippen MR) is 104 cm³/mol. The molecule has 3 atom stereocenters. The molecule has 3 unspecified atom stereocenters. The number of rotatable bonds is 8. The smallest absolute Gasteiger partial charge is 0.237 e. The zero-order valence-electron chi connectivity index (χ0n) is 15.7. The van der Waals surface area contributed by atoms with Gasteiger partial charge in [0.15, 0.2) is 0 Å². The van der Waals surface area contributed by atoms with E-state index in [9.17, 15) is 9.59 Å². The van der Waals surface area contributed by atoms with Gasteiger partial charge in [-0.15, -0.1) is 11.3 Å². The number of hydrogen-bond acceptors (Lipinski definition) is 5. The first-order chi connectivity index (χ1) is 12.6. The minimum Gasteiger partial charge on any atom is -0.353 e. The largest absolute Gasteiger partial charge is 0.353 e. The molecule has 2 aliphatic rings. The van der Waals surface area contributed by atoms with E-state index in [1.807, 2.05) is 18.7 Å². The number of amides is 2. The van der Waals surface area contributed by atoms with E-state index in [4.69, 9.17) is 0 Å². The molecule has 3 heterocycles. The van der Waals surface area contributed by atoms with Crippen LogP contribution in [0.25, 0.3) is 0 Å². The fraction of sp³-hybridized carbons (Fsp3) is 0.684. The van der Waals surface area contributed by atoms with E-state index in [0.29, 0.717) is 19.0 Å². The van der Waals surface area contributed by atoms with Crippen LogP contribution in [0.3, 0.4) is 0 Å². The monoisotopic (exact) mass is 378 g/mol. The van der Waals surface area contributed by atoms with Gasteiger partial charge < -0.3 is 15.5 Å². The van der Waals surface area contributed by atoms with E-state index >= 15 is 0 Å². The van der Waals surface area contributed by atoms with Crippen molar-refractivity contribution in [3.8, 4) is 0 Å². The molecule has 0 spiro atoms. The Morgan fingerprint density at radius 1 is 1.42 bits per heavy atom. The average molecular weight is 379 g/mol. The van der Waals surface area contributed by atoms with Crippen molar-refractivity contribution < 1.29 is 9.59 Å². The van der Waals surface area contributed by atoms with Gasteiger partial charge in [0.25, 0.3) is 0 Å². The van der Waals surface area contributed by atoms with Crippen molar-refractivity contribution in [2.45, 2.75) is 57.8 Å². The number of carbonyl (C=O) groups is 2. The Hall–Kier alpha value is -1.44. The summed E-state index contributed by atoms with van der Waals surface area (Å²) in [4.78, 5) is 30.1. The van der Waals surface area contributed by atoms with Gasteiger partial charge in [-0.2, -0.15) is 0 Å². The molecule has 2 N–H and O–H groups in total. The third kappa shape index (κ3) is 4.45. The molecule has 6 nitrogen and oxygen atoms in total. The van der Waals surface area contributed by atoms with Crippen LogP contribution in [0.4, 0.5) is 0 Å². The lowest BCUT2D eigenvalue weighted by atomic mass is 10.0. The fourth-order valence-electron chi connectivity index (χ4n) is 4.07. The normalized spacial score (nSPS) is 25.8. The highest BCUT2D eigenvalue weighted by molar-refractivity contribution is 7.09. The van der Waals surface area contributed by atoms with Gasteiger partial charge >= 0.3 is 0 Å². The minimum absolute atomic E-state index is 0.0573. The lowest BCUT2D eigenvalue weighted by Gasteiger charge is -2.37. The maximum absolute atomic E-state index is 12.3. The molecule has 0 saturated carbocycles. The van der Waals surface area contributed by atoms with Crippen LogP contribution in [-0.2, 0) is 16.1 Å². The Kier molecular flexibility index (Phi) is 6.67. The van der Waals surface area contributed by atoms with Crippen LogP contribution in [0.5, 0.6) is 0 Å². The second-order valence-electron chi connectivity index (χ2n) is 7.11. The highest BCUT2D eigenvalue weighted by Gasteiger charge is 2.43. The molecule has 144 valence electrons. The minimum atomic E-state index is -0.0573. The second-order valence-corrected chi connectivity index (χ2v) is 8.14. The Morgan fingerprint density at radius 2 is 2.23 bits per heavy atom. The van der Waals surface area contributed by atoms with Crippen molar-refractivity contribution in [3.05, 3.63) is 22.4 Å². The molecule has 1 aromatic rings. The topological polar surface area (TPSA) is 64.7 Å². The molecule has 2 fully saturated rings. The number of hydrogen-bond donors (Lipinski definition) is 2. The molecule has 0 aromatic carbocycles. The van der Waals surface area contributed by atoms with Gasteiger partial charge in [-0.25, -0.2) is 0 Å². The van der Waals surface area contributed by atoms with Crippen LogP contribution >= 0.6 is 11.3 Å². The highest BCUT2D eigenvalue weighted by atomic mass is 32.1. The standard InChI is InChI=1S/C19H30N4O2S/c1-3-22(4-2)18(24)8-7-15-11-21-19(25)17-10-14(13-23(15)17)20-12-16-6-5-9-26-16/h5-6,9,14-15,17,20H,3-4,7-8,10-13H2,1-2H3,(H,21,25). The Labute approximate surface area is 159 Å². The summed E-state index contributed by atoms with van der Waals surface area (Å²) in [5.41, 5.74) is 0. The van der Waals surface area contributed by atoms with Gasteiger partial charge in [0.2, 0.25) is 11.8 Å². The average Bonchev–Trinajstić information content (AvgIpc) is 3.30. The first kappa shape index (κ1) is 19.3. The summed E-state index contributed by atoms with van der Waals surface area (Å²) < 4.78 is 0. The molecule has 2 amide bonds. The van der Waals surface area contributed by atoms with Gasteiger partial charge in [-0.05, 0) is 38.1 Å². The number of thiophene rings is 1. The molecular formula is C19H30N4O2S. The maximum Gasteiger partial charge on any atom is 0.237 e. The third-order valence-corrected chi connectivity index (χ3v) is 6.45. The third-order valence-electron chi connectivity index (χ3n) is 5.58. The number of nitrogens with one attached hydrogen (secondary N) is 2. The summed E-state index contributed by atoms with van der Waals surface area (Å²) >= 11 is 1.75. The van der Waals surface area contributed by atoms with Crippen molar-refractivity contribution in [3.63, 3.8) is 0 Å². The van der Waals surface area contributed by atoms with Crippen LogP contribution in [0.1, 0.15) is 38.0 Å². The predicted octanol–water partition coefficient (Wildman–Crippen LogP) is 1.43. The molecule has 3 rings (SSSR count). The zero-order valence-corrected chi connectivity index (χ0v) is 16.6. The SMILES string of the molecule is CCN(CC)C(=O)CCC1CNC(=O)C2CC(NCc3cccs3)CN12. The van der Waals surface area contributed by atoms with Crippen molar-refractivity contribution >= 4 is 23.2 Å². The van der Waals surface area contributed by atoms with E-state index in [2.05, 4.69) is 33.0 Å². The summed E-state index contributed by atoms with van der Waals surface area (Å²) in [6, 6.07) is 4.72. The highest BCUT2D eigenvalue weighted by Crippen LogP contribution is 2.26. The number of fused-ring (bicyclic) bond motifs is 1. The molecule has 26 heavy (non-hydrogen) atoms. The lowest BCUT2D eigenvalue weighted by Crippen LogP contribution is -2.58. The Balaban J connectivity index is 1.54. The molecule has 7 heteroatoms. The van der Waals surface area contributed by atoms with Gasteiger partial charge in [-0.1, -0.05) is 6.07 Å². The van der Waals surface area contributed by atoms with E-state index in [1.165, 1.54) is 4.88 Å².